The quantitative estimate of drug-likeness (QED) is 0.456. The van der Waals surface area contributed by atoms with Crippen LogP contribution >= 0.6 is 12.2 Å². The zero-order chi connectivity index (χ0) is 18.3. The van der Waals surface area contributed by atoms with Crippen molar-refractivity contribution in [3.05, 3.63) is 35.9 Å². The van der Waals surface area contributed by atoms with Gasteiger partial charge in [0, 0.05) is 20.5 Å². The molecule has 1 heterocycles. The number of rotatable bonds is 5. The lowest BCUT2D eigenvalue weighted by Crippen LogP contribution is -2.36. The molecule has 2 rings (SSSR count). The van der Waals surface area contributed by atoms with Gasteiger partial charge in [-0.25, -0.2) is 0 Å². The van der Waals surface area contributed by atoms with E-state index in [1.807, 2.05) is 34.0 Å². The lowest BCUT2D eigenvalue weighted by atomic mass is 10.1. The average Bonchev–Trinajstić information content (AvgIpc) is 2.94. The molecule has 0 aliphatic carbocycles. The summed E-state index contributed by atoms with van der Waals surface area (Å²) in [5.41, 5.74) is 1.33. The highest BCUT2D eigenvalue weighted by molar-refractivity contribution is 7.80. The van der Waals surface area contributed by atoms with E-state index in [1.165, 1.54) is 5.56 Å². The molecule has 0 unspecified atom stereocenters. The molecule has 1 aromatic carbocycles. The van der Waals surface area contributed by atoms with Gasteiger partial charge in [-0.15, -0.1) is 0 Å². The van der Waals surface area contributed by atoms with Crippen molar-refractivity contribution < 1.29 is 14.2 Å². The molecule has 5 heteroatoms. The summed E-state index contributed by atoms with van der Waals surface area (Å²) in [7, 11) is 3.70. The van der Waals surface area contributed by atoms with Crippen molar-refractivity contribution in [2.24, 2.45) is 0 Å². The van der Waals surface area contributed by atoms with Gasteiger partial charge >= 0.3 is 0 Å². The average molecular weight is 362 g/mol. The van der Waals surface area contributed by atoms with Gasteiger partial charge in [-0.3, -0.25) is 0 Å². The summed E-state index contributed by atoms with van der Waals surface area (Å²) in [6, 6.07) is 10.4. The molecule has 0 aromatic heterocycles. The Kier molecular flexibility index (Phi) is 7.24. The number of hydrogen-bond acceptors (Lipinski definition) is 4. The third-order valence-corrected chi connectivity index (χ3v) is 4.28. The second-order valence-corrected chi connectivity index (χ2v) is 7.08. The zero-order valence-corrected chi connectivity index (χ0v) is 16.3. The Morgan fingerprint density at radius 1 is 1.36 bits per heavy atom. The first kappa shape index (κ1) is 19.7. The van der Waals surface area contributed by atoms with Gasteiger partial charge in [0.1, 0.15) is 6.10 Å². The molecule has 1 aliphatic rings. The number of ether oxygens (including phenoxy) is 3. The van der Waals surface area contributed by atoms with Gasteiger partial charge in [-0.1, -0.05) is 42.2 Å². The Labute approximate surface area is 156 Å². The van der Waals surface area contributed by atoms with Gasteiger partial charge in [-0.05, 0) is 44.5 Å². The summed E-state index contributed by atoms with van der Waals surface area (Å²) in [5, 5.41) is 0.400. The largest absolute Gasteiger partial charge is 0.451 e. The molecule has 25 heavy (non-hydrogen) atoms. The van der Waals surface area contributed by atoms with E-state index in [-0.39, 0.29) is 6.10 Å². The predicted molar refractivity (Wildman–Crippen MR) is 103 cm³/mol. The minimum absolute atomic E-state index is 0.241. The Morgan fingerprint density at radius 2 is 2.08 bits per heavy atom. The van der Waals surface area contributed by atoms with Crippen molar-refractivity contribution in [2.45, 2.75) is 51.1 Å². The maximum Gasteiger partial charge on any atom is 0.260 e. The van der Waals surface area contributed by atoms with Crippen molar-refractivity contribution in [1.82, 2.24) is 4.90 Å². The van der Waals surface area contributed by atoms with Crippen LogP contribution in [0.15, 0.2) is 30.3 Å². The minimum Gasteiger partial charge on any atom is -0.451 e. The second-order valence-electron chi connectivity index (χ2n) is 6.73. The van der Waals surface area contributed by atoms with Crippen LogP contribution in [0.3, 0.4) is 0 Å². The topological polar surface area (TPSA) is 30.9 Å². The van der Waals surface area contributed by atoms with Gasteiger partial charge in [0.05, 0.1) is 6.61 Å². The van der Waals surface area contributed by atoms with Crippen LogP contribution in [-0.4, -0.2) is 48.8 Å². The van der Waals surface area contributed by atoms with Crippen LogP contribution in [0.1, 0.15) is 32.3 Å². The minimum atomic E-state index is -0.610. The molecule has 0 spiro atoms. The fourth-order valence-electron chi connectivity index (χ4n) is 2.48. The molecule has 1 aromatic rings. The number of nitrogens with zero attached hydrogens (tertiary/aromatic N) is 1. The molecule has 0 radical (unpaired) electrons. The van der Waals surface area contributed by atoms with E-state index in [0.717, 1.165) is 19.3 Å². The van der Waals surface area contributed by atoms with Crippen LogP contribution in [0.4, 0.5) is 0 Å². The molecule has 1 saturated heterocycles. The summed E-state index contributed by atoms with van der Waals surface area (Å²) in [6.45, 7) is 4.23. The molecule has 0 saturated carbocycles. The Hall–Kier alpha value is -1.61. The Morgan fingerprint density at radius 3 is 2.68 bits per heavy atom. The standard InChI is InChI=1S/C20H27NO3S/c1-20(2)22-15-18(24-20)17(23-19(25)21(3)4)14-10-6-9-13-16-11-7-5-8-12-16/h5,7-8,11-12,17-18H,6,9,13,15H2,1-4H3/t17-,18+/m0/s1. The molecule has 1 aliphatic heterocycles. The van der Waals surface area contributed by atoms with Crippen LogP contribution in [0.5, 0.6) is 0 Å². The van der Waals surface area contributed by atoms with Crippen molar-refractivity contribution in [1.29, 1.82) is 0 Å². The van der Waals surface area contributed by atoms with Crippen LogP contribution < -0.4 is 0 Å². The highest BCUT2D eigenvalue weighted by Crippen LogP contribution is 2.25. The van der Waals surface area contributed by atoms with E-state index in [0.29, 0.717) is 11.8 Å². The molecule has 4 nitrogen and oxygen atoms in total. The summed E-state index contributed by atoms with van der Waals surface area (Å²) in [6.07, 6.45) is 2.17. The monoisotopic (exact) mass is 361 g/mol. The molecule has 0 bridgehead atoms. The fourth-order valence-corrected chi connectivity index (χ4v) is 2.58. The van der Waals surface area contributed by atoms with Gasteiger partial charge < -0.3 is 19.1 Å². The normalized spacial score (nSPS) is 19.6. The van der Waals surface area contributed by atoms with E-state index >= 15 is 0 Å². The summed E-state index contributed by atoms with van der Waals surface area (Å²) >= 11 is 5.25. The molecule has 0 amide bonds. The lowest BCUT2D eigenvalue weighted by Gasteiger charge is -2.23. The van der Waals surface area contributed by atoms with E-state index in [4.69, 9.17) is 26.4 Å². The predicted octanol–water partition coefficient (Wildman–Crippen LogP) is 3.40. The highest BCUT2D eigenvalue weighted by Gasteiger charge is 2.38. The van der Waals surface area contributed by atoms with Gasteiger partial charge in [0.25, 0.3) is 5.17 Å². The SMILES string of the molecule is CN(C)C(=S)O[C@@H](C#CCCCc1ccccc1)[C@H]1COC(C)(C)O1. The van der Waals surface area contributed by atoms with Gasteiger partial charge in [0.2, 0.25) is 0 Å². The molecular weight excluding hydrogens is 334 g/mol. The van der Waals surface area contributed by atoms with Crippen molar-refractivity contribution >= 4 is 17.4 Å². The zero-order valence-electron chi connectivity index (χ0n) is 15.5. The Bertz CT molecular complexity index is 619. The van der Waals surface area contributed by atoms with Crippen LogP contribution in [0, 0.1) is 11.8 Å². The van der Waals surface area contributed by atoms with Crippen LogP contribution in [-0.2, 0) is 20.6 Å². The first-order valence-corrected chi connectivity index (χ1v) is 9.00. The number of aryl methyl sites for hydroxylation is 1. The first-order valence-electron chi connectivity index (χ1n) is 8.59. The summed E-state index contributed by atoms with van der Waals surface area (Å²) < 4.78 is 17.4. The summed E-state index contributed by atoms with van der Waals surface area (Å²) in [5.74, 6) is 5.79. The fraction of sp³-hybridized carbons (Fsp3) is 0.550. The third-order valence-electron chi connectivity index (χ3n) is 3.82. The number of thiocarbonyl (C=S) groups is 1. The van der Waals surface area contributed by atoms with Gasteiger partial charge in [-0.2, -0.15) is 0 Å². The van der Waals surface area contributed by atoms with Crippen molar-refractivity contribution in [3.8, 4) is 11.8 Å². The molecule has 1 fully saturated rings. The molecular formula is C20H27NO3S. The number of hydrogen-bond donors (Lipinski definition) is 0. The summed E-state index contributed by atoms with van der Waals surface area (Å²) in [4.78, 5) is 1.75. The first-order chi connectivity index (χ1) is 11.9. The van der Waals surface area contributed by atoms with E-state index in [9.17, 15) is 0 Å². The maximum atomic E-state index is 5.89. The Balaban J connectivity index is 1.90. The maximum absolute atomic E-state index is 5.89. The smallest absolute Gasteiger partial charge is 0.260 e. The molecule has 0 N–H and O–H groups in total. The highest BCUT2D eigenvalue weighted by atomic mass is 32.1. The molecule has 2 atom stereocenters. The van der Waals surface area contributed by atoms with E-state index in [2.05, 4.69) is 36.1 Å². The number of benzene rings is 1. The van der Waals surface area contributed by atoms with E-state index < -0.39 is 11.9 Å². The third kappa shape index (κ3) is 6.66. The van der Waals surface area contributed by atoms with Crippen LogP contribution in [0.25, 0.3) is 0 Å². The lowest BCUT2D eigenvalue weighted by molar-refractivity contribution is -0.146. The second kappa shape index (κ2) is 9.19. The van der Waals surface area contributed by atoms with Crippen LogP contribution in [0.2, 0.25) is 0 Å². The number of unbranched alkanes of at least 4 members (excludes halogenated alkanes) is 1. The van der Waals surface area contributed by atoms with Gasteiger partial charge in [0.15, 0.2) is 11.9 Å². The van der Waals surface area contributed by atoms with E-state index in [1.54, 1.807) is 4.90 Å². The molecule has 136 valence electrons. The van der Waals surface area contributed by atoms with Crippen molar-refractivity contribution in [2.75, 3.05) is 20.7 Å². The van der Waals surface area contributed by atoms with Crippen molar-refractivity contribution in [3.63, 3.8) is 0 Å².